The topological polar surface area (TPSA) is 40.5 Å². The van der Waals surface area contributed by atoms with Gasteiger partial charge in [-0.1, -0.05) is 23.8 Å². The van der Waals surface area contributed by atoms with E-state index in [-0.39, 0.29) is 12.5 Å². The molecule has 20 heavy (non-hydrogen) atoms. The SMILES string of the molecule is Cc1ccc2c(c1)C(N1CCSCC1CC(=O)O)CC2. The molecule has 1 heterocycles. The molecular weight excluding hydrogens is 270 g/mol. The molecule has 108 valence electrons. The van der Waals surface area contributed by atoms with Crippen LogP contribution in [0.1, 0.15) is 35.6 Å². The molecule has 1 N–H and O–H groups in total. The summed E-state index contributed by atoms with van der Waals surface area (Å²) in [7, 11) is 0. The maximum Gasteiger partial charge on any atom is 0.304 e. The lowest BCUT2D eigenvalue weighted by Gasteiger charge is -2.39. The molecule has 2 atom stereocenters. The molecule has 3 rings (SSSR count). The fraction of sp³-hybridized carbons (Fsp3) is 0.562. The normalized spacial score (nSPS) is 26.4. The molecule has 0 aromatic heterocycles. The smallest absolute Gasteiger partial charge is 0.304 e. The van der Waals surface area contributed by atoms with Crippen LogP contribution in [0.3, 0.4) is 0 Å². The van der Waals surface area contributed by atoms with Gasteiger partial charge in [0, 0.05) is 30.1 Å². The summed E-state index contributed by atoms with van der Waals surface area (Å²) in [5.74, 6) is 1.39. The Morgan fingerprint density at radius 1 is 1.50 bits per heavy atom. The van der Waals surface area contributed by atoms with Crippen molar-refractivity contribution in [3.8, 4) is 0 Å². The van der Waals surface area contributed by atoms with E-state index in [4.69, 9.17) is 5.11 Å². The van der Waals surface area contributed by atoms with E-state index in [9.17, 15) is 4.79 Å². The van der Waals surface area contributed by atoms with Crippen molar-refractivity contribution in [3.63, 3.8) is 0 Å². The number of hydrogen-bond acceptors (Lipinski definition) is 3. The maximum absolute atomic E-state index is 11.1. The van der Waals surface area contributed by atoms with Crippen LogP contribution < -0.4 is 0 Å². The zero-order valence-corrected chi connectivity index (χ0v) is 12.7. The van der Waals surface area contributed by atoms with Gasteiger partial charge in [0.15, 0.2) is 0 Å². The van der Waals surface area contributed by atoms with Crippen molar-refractivity contribution in [3.05, 3.63) is 34.9 Å². The molecule has 0 radical (unpaired) electrons. The standard InChI is InChI=1S/C16H21NO2S/c1-11-2-3-12-4-5-15(14(12)8-11)17-6-7-20-10-13(17)9-16(18)19/h2-3,8,13,15H,4-7,9-10H2,1H3,(H,18,19). The number of benzene rings is 1. The molecule has 1 aromatic carbocycles. The van der Waals surface area contributed by atoms with E-state index in [0.29, 0.717) is 6.04 Å². The quantitative estimate of drug-likeness (QED) is 0.929. The van der Waals surface area contributed by atoms with Crippen LogP contribution in [-0.4, -0.2) is 40.1 Å². The Bertz CT molecular complexity index is 517. The zero-order valence-electron chi connectivity index (χ0n) is 11.8. The number of rotatable bonds is 3. The summed E-state index contributed by atoms with van der Waals surface area (Å²) in [5.41, 5.74) is 4.19. The van der Waals surface area contributed by atoms with Crippen LogP contribution in [0.4, 0.5) is 0 Å². The number of thioether (sulfide) groups is 1. The van der Waals surface area contributed by atoms with Gasteiger partial charge in [0.1, 0.15) is 0 Å². The largest absolute Gasteiger partial charge is 0.481 e. The van der Waals surface area contributed by atoms with E-state index >= 15 is 0 Å². The minimum atomic E-state index is -0.676. The first-order chi connectivity index (χ1) is 9.65. The van der Waals surface area contributed by atoms with Gasteiger partial charge in [-0.2, -0.15) is 11.8 Å². The minimum absolute atomic E-state index is 0.183. The van der Waals surface area contributed by atoms with Gasteiger partial charge in [-0.05, 0) is 30.9 Å². The Labute approximate surface area is 124 Å². The summed E-state index contributed by atoms with van der Waals surface area (Å²) in [5, 5.41) is 9.13. The average molecular weight is 291 g/mol. The van der Waals surface area contributed by atoms with Crippen LogP contribution >= 0.6 is 11.8 Å². The summed E-state index contributed by atoms with van der Waals surface area (Å²) >= 11 is 1.89. The third-order valence-corrected chi connectivity index (χ3v) is 5.52. The monoisotopic (exact) mass is 291 g/mol. The lowest BCUT2D eigenvalue weighted by Crippen LogP contribution is -2.45. The summed E-state index contributed by atoms with van der Waals surface area (Å²) in [6, 6.07) is 7.34. The van der Waals surface area contributed by atoms with Crippen LogP contribution in [0.5, 0.6) is 0 Å². The second kappa shape index (κ2) is 5.78. The first-order valence-electron chi connectivity index (χ1n) is 7.30. The van der Waals surface area contributed by atoms with Crippen molar-refractivity contribution >= 4 is 17.7 Å². The number of nitrogens with zero attached hydrogens (tertiary/aromatic N) is 1. The average Bonchev–Trinajstić information content (AvgIpc) is 2.81. The molecule has 2 aliphatic rings. The predicted octanol–water partition coefficient (Wildman–Crippen LogP) is 2.87. The van der Waals surface area contributed by atoms with Crippen molar-refractivity contribution in [2.75, 3.05) is 18.1 Å². The van der Waals surface area contributed by atoms with E-state index in [0.717, 1.165) is 30.9 Å². The van der Waals surface area contributed by atoms with Crippen molar-refractivity contribution < 1.29 is 9.90 Å². The van der Waals surface area contributed by atoms with Gasteiger partial charge in [-0.25, -0.2) is 0 Å². The highest BCUT2D eigenvalue weighted by Crippen LogP contribution is 2.39. The molecule has 0 saturated carbocycles. The van der Waals surface area contributed by atoms with Crippen molar-refractivity contribution in [2.45, 2.75) is 38.3 Å². The first-order valence-corrected chi connectivity index (χ1v) is 8.45. The molecule has 4 heteroatoms. The Hall–Kier alpha value is -1.00. The molecule has 1 aliphatic heterocycles. The maximum atomic E-state index is 11.1. The van der Waals surface area contributed by atoms with E-state index in [1.165, 1.54) is 16.7 Å². The second-order valence-electron chi connectivity index (χ2n) is 5.82. The predicted molar refractivity (Wildman–Crippen MR) is 82.3 cm³/mol. The lowest BCUT2D eigenvalue weighted by molar-refractivity contribution is -0.138. The number of aryl methyl sites for hydroxylation is 2. The Morgan fingerprint density at radius 2 is 2.35 bits per heavy atom. The minimum Gasteiger partial charge on any atom is -0.481 e. The fourth-order valence-corrected chi connectivity index (χ4v) is 4.59. The van der Waals surface area contributed by atoms with Crippen LogP contribution in [0.25, 0.3) is 0 Å². The first kappa shape index (κ1) is 14.0. The van der Waals surface area contributed by atoms with E-state index < -0.39 is 5.97 Å². The van der Waals surface area contributed by atoms with Crippen molar-refractivity contribution in [1.29, 1.82) is 0 Å². The lowest BCUT2D eigenvalue weighted by atomic mass is 10.0. The summed E-state index contributed by atoms with van der Waals surface area (Å²) in [6.45, 7) is 3.15. The zero-order chi connectivity index (χ0) is 14.1. The van der Waals surface area contributed by atoms with E-state index in [2.05, 4.69) is 30.0 Å². The second-order valence-corrected chi connectivity index (χ2v) is 6.97. The van der Waals surface area contributed by atoms with Crippen molar-refractivity contribution in [1.82, 2.24) is 4.90 Å². The van der Waals surface area contributed by atoms with Gasteiger partial charge < -0.3 is 5.11 Å². The summed E-state index contributed by atoms with van der Waals surface area (Å²) in [4.78, 5) is 13.5. The number of carbonyl (C=O) groups is 1. The Balaban J connectivity index is 1.85. The molecule has 1 aromatic rings. The molecular formula is C16H21NO2S. The van der Waals surface area contributed by atoms with E-state index in [1.54, 1.807) is 0 Å². The number of aliphatic carboxylic acids is 1. The van der Waals surface area contributed by atoms with Crippen LogP contribution in [0.15, 0.2) is 18.2 Å². The summed E-state index contributed by atoms with van der Waals surface area (Å²) in [6.07, 6.45) is 2.54. The molecule has 0 spiro atoms. The van der Waals surface area contributed by atoms with Crippen molar-refractivity contribution in [2.24, 2.45) is 0 Å². The number of carboxylic acid groups (broad SMARTS) is 1. The molecule has 0 amide bonds. The Morgan fingerprint density at radius 3 is 3.15 bits per heavy atom. The van der Waals surface area contributed by atoms with Gasteiger partial charge in [-0.3, -0.25) is 9.69 Å². The fourth-order valence-electron chi connectivity index (χ4n) is 3.50. The third-order valence-electron chi connectivity index (χ3n) is 4.43. The van der Waals surface area contributed by atoms with Gasteiger partial charge in [0.05, 0.1) is 6.42 Å². The molecule has 3 nitrogen and oxygen atoms in total. The van der Waals surface area contributed by atoms with Gasteiger partial charge in [-0.15, -0.1) is 0 Å². The van der Waals surface area contributed by atoms with Crippen LogP contribution in [0.2, 0.25) is 0 Å². The number of hydrogen-bond donors (Lipinski definition) is 1. The highest BCUT2D eigenvalue weighted by molar-refractivity contribution is 7.99. The molecule has 1 aliphatic carbocycles. The van der Waals surface area contributed by atoms with Crippen LogP contribution in [0, 0.1) is 6.92 Å². The number of carboxylic acids is 1. The highest BCUT2D eigenvalue weighted by Gasteiger charge is 2.34. The molecule has 1 fully saturated rings. The van der Waals surface area contributed by atoms with Crippen LogP contribution in [-0.2, 0) is 11.2 Å². The summed E-state index contributed by atoms with van der Waals surface area (Å²) < 4.78 is 0. The van der Waals surface area contributed by atoms with E-state index in [1.807, 2.05) is 11.8 Å². The molecule has 0 bridgehead atoms. The Kier molecular flexibility index (Phi) is 4.03. The number of fused-ring (bicyclic) bond motifs is 1. The molecule has 1 saturated heterocycles. The third kappa shape index (κ3) is 2.72. The highest BCUT2D eigenvalue weighted by atomic mass is 32.2. The van der Waals surface area contributed by atoms with Gasteiger partial charge >= 0.3 is 5.97 Å². The molecule has 2 unspecified atom stereocenters. The van der Waals surface area contributed by atoms with Gasteiger partial charge in [0.25, 0.3) is 0 Å². The van der Waals surface area contributed by atoms with Gasteiger partial charge in [0.2, 0.25) is 0 Å².